The lowest BCUT2D eigenvalue weighted by molar-refractivity contribution is -0.146. The Kier molecular flexibility index (Phi) is 1.20. The molecule has 12 heavy (non-hydrogen) atoms. The standard InChI is InChI=1S/C10H14O2/c1-9(2)5-10(3)4-6(10)7(11)8(9)12/h6H,4-5H2,1-3H3. The van der Waals surface area contributed by atoms with Crippen LogP contribution in [-0.4, -0.2) is 11.6 Å². The van der Waals surface area contributed by atoms with Crippen LogP contribution in [0.25, 0.3) is 0 Å². The normalized spacial score (nSPS) is 44.1. The summed E-state index contributed by atoms with van der Waals surface area (Å²) in [5.74, 6) is -0.200. The molecular weight excluding hydrogens is 152 g/mol. The molecule has 2 saturated carbocycles. The van der Waals surface area contributed by atoms with E-state index in [-0.39, 0.29) is 22.9 Å². The van der Waals surface area contributed by atoms with Gasteiger partial charge in [0.05, 0.1) is 0 Å². The highest BCUT2D eigenvalue weighted by atomic mass is 16.2. The third-order valence-corrected chi connectivity index (χ3v) is 3.35. The average molecular weight is 166 g/mol. The Morgan fingerprint density at radius 3 is 2.42 bits per heavy atom. The zero-order valence-electron chi connectivity index (χ0n) is 7.81. The molecule has 66 valence electrons. The van der Waals surface area contributed by atoms with Gasteiger partial charge in [0.25, 0.3) is 0 Å². The van der Waals surface area contributed by atoms with E-state index in [4.69, 9.17) is 0 Å². The Morgan fingerprint density at radius 2 is 1.83 bits per heavy atom. The maximum atomic E-state index is 11.5. The zero-order chi connectivity index (χ0) is 9.15. The molecule has 0 spiro atoms. The number of Topliss-reactive ketones (excluding diaryl/α,β-unsaturated/α-hetero) is 2. The van der Waals surface area contributed by atoms with Gasteiger partial charge >= 0.3 is 0 Å². The summed E-state index contributed by atoms with van der Waals surface area (Å²) >= 11 is 0. The molecule has 0 bridgehead atoms. The minimum absolute atomic E-state index is 0.0676. The molecule has 0 heterocycles. The van der Waals surface area contributed by atoms with Crippen molar-refractivity contribution in [3.63, 3.8) is 0 Å². The number of hydrogen-bond donors (Lipinski definition) is 0. The van der Waals surface area contributed by atoms with Crippen LogP contribution in [0, 0.1) is 16.7 Å². The Labute approximate surface area is 72.3 Å². The molecule has 0 aromatic rings. The Bertz CT molecular complexity index is 278. The molecule has 2 rings (SSSR count). The monoisotopic (exact) mass is 166 g/mol. The van der Waals surface area contributed by atoms with Gasteiger partial charge in [-0.1, -0.05) is 20.8 Å². The van der Waals surface area contributed by atoms with Gasteiger partial charge in [-0.05, 0) is 18.3 Å². The van der Waals surface area contributed by atoms with Crippen molar-refractivity contribution in [3.8, 4) is 0 Å². The van der Waals surface area contributed by atoms with E-state index in [0.29, 0.717) is 0 Å². The lowest BCUT2D eigenvalue weighted by atomic mass is 9.71. The van der Waals surface area contributed by atoms with Crippen LogP contribution >= 0.6 is 0 Å². The maximum Gasteiger partial charge on any atom is 0.204 e. The summed E-state index contributed by atoms with van der Waals surface area (Å²) in [6.45, 7) is 5.88. The Balaban J connectivity index is 2.35. The van der Waals surface area contributed by atoms with E-state index in [1.807, 2.05) is 13.8 Å². The van der Waals surface area contributed by atoms with Gasteiger partial charge in [-0.3, -0.25) is 9.59 Å². The van der Waals surface area contributed by atoms with Crippen LogP contribution in [0.5, 0.6) is 0 Å². The van der Waals surface area contributed by atoms with E-state index in [9.17, 15) is 9.59 Å². The molecular formula is C10H14O2. The van der Waals surface area contributed by atoms with Crippen LogP contribution in [-0.2, 0) is 9.59 Å². The summed E-state index contributed by atoms with van der Waals surface area (Å²) in [5.41, 5.74) is -0.243. The Morgan fingerprint density at radius 1 is 1.25 bits per heavy atom. The maximum absolute atomic E-state index is 11.5. The second kappa shape index (κ2) is 1.81. The first kappa shape index (κ1) is 7.96. The van der Waals surface area contributed by atoms with Gasteiger partial charge in [-0.15, -0.1) is 0 Å². The van der Waals surface area contributed by atoms with Gasteiger partial charge in [0, 0.05) is 11.3 Å². The zero-order valence-corrected chi connectivity index (χ0v) is 7.81. The van der Waals surface area contributed by atoms with Crippen molar-refractivity contribution in [1.82, 2.24) is 0 Å². The van der Waals surface area contributed by atoms with Gasteiger partial charge in [-0.25, -0.2) is 0 Å². The summed E-state index contributed by atoms with van der Waals surface area (Å²) < 4.78 is 0. The Hall–Kier alpha value is -0.660. The summed E-state index contributed by atoms with van der Waals surface area (Å²) in [6, 6.07) is 0. The lowest BCUT2D eigenvalue weighted by Crippen LogP contribution is -2.39. The molecule has 0 radical (unpaired) electrons. The molecule has 2 atom stereocenters. The molecule has 2 aliphatic carbocycles. The molecule has 2 nitrogen and oxygen atoms in total. The molecule has 0 aromatic carbocycles. The molecule has 0 aromatic heterocycles. The summed E-state index contributed by atoms with van der Waals surface area (Å²) in [5, 5.41) is 0. The fourth-order valence-electron chi connectivity index (χ4n) is 2.59. The smallest absolute Gasteiger partial charge is 0.204 e. The van der Waals surface area contributed by atoms with Crippen molar-refractivity contribution in [2.45, 2.75) is 33.6 Å². The van der Waals surface area contributed by atoms with E-state index in [1.54, 1.807) is 0 Å². The highest BCUT2D eigenvalue weighted by Crippen LogP contribution is 2.62. The first-order valence-corrected chi connectivity index (χ1v) is 4.45. The van der Waals surface area contributed by atoms with E-state index >= 15 is 0 Å². The third kappa shape index (κ3) is 0.809. The van der Waals surface area contributed by atoms with Gasteiger partial charge < -0.3 is 0 Å². The van der Waals surface area contributed by atoms with Crippen LogP contribution in [0.3, 0.4) is 0 Å². The third-order valence-electron chi connectivity index (χ3n) is 3.35. The number of rotatable bonds is 0. The largest absolute Gasteiger partial charge is 0.291 e. The van der Waals surface area contributed by atoms with Crippen LogP contribution in [0.4, 0.5) is 0 Å². The van der Waals surface area contributed by atoms with Crippen molar-refractivity contribution in [2.75, 3.05) is 0 Å². The second-order valence-corrected chi connectivity index (χ2v) is 5.16. The van der Waals surface area contributed by atoms with E-state index in [0.717, 1.165) is 12.8 Å². The van der Waals surface area contributed by atoms with E-state index in [1.165, 1.54) is 0 Å². The number of carbonyl (C=O) groups is 2. The van der Waals surface area contributed by atoms with Crippen LogP contribution in [0.2, 0.25) is 0 Å². The topological polar surface area (TPSA) is 34.1 Å². The first-order chi connectivity index (χ1) is 5.37. The van der Waals surface area contributed by atoms with E-state index < -0.39 is 5.41 Å². The summed E-state index contributed by atoms with van der Waals surface area (Å²) in [6.07, 6.45) is 1.82. The molecule has 2 aliphatic rings. The van der Waals surface area contributed by atoms with Crippen LogP contribution in [0.1, 0.15) is 33.6 Å². The number of fused-ring (bicyclic) bond motifs is 1. The molecule has 0 saturated heterocycles. The van der Waals surface area contributed by atoms with Gasteiger partial charge in [0.15, 0.2) is 0 Å². The fourth-order valence-corrected chi connectivity index (χ4v) is 2.59. The van der Waals surface area contributed by atoms with Gasteiger partial charge in [0.2, 0.25) is 11.6 Å². The molecule has 2 unspecified atom stereocenters. The molecule has 0 N–H and O–H groups in total. The minimum Gasteiger partial charge on any atom is -0.291 e. The average Bonchev–Trinajstić information content (AvgIpc) is 2.56. The number of hydrogen-bond acceptors (Lipinski definition) is 2. The molecule has 2 fully saturated rings. The van der Waals surface area contributed by atoms with Gasteiger partial charge in [0.1, 0.15) is 0 Å². The fraction of sp³-hybridized carbons (Fsp3) is 0.800. The van der Waals surface area contributed by atoms with Crippen molar-refractivity contribution in [2.24, 2.45) is 16.7 Å². The molecule has 0 amide bonds. The number of carbonyl (C=O) groups excluding carboxylic acids is 2. The minimum atomic E-state index is -0.404. The van der Waals surface area contributed by atoms with E-state index in [2.05, 4.69) is 6.92 Å². The van der Waals surface area contributed by atoms with Gasteiger partial charge in [-0.2, -0.15) is 0 Å². The summed E-state index contributed by atoms with van der Waals surface area (Å²) in [7, 11) is 0. The van der Waals surface area contributed by atoms with Crippen LogP contribution < -0.4 is 0 Å². The van der Waals surface area contributed by atoms with Crippen molar-refractivity contribution in [3.05, 3.63) is 0 Å². The first-order valence-electron chi connectivity index (χ1n) is 4.45. The SMILES string of the molecule is CC1(C)CC2(C)CC2C(=O)C1=O. The van der Waals surface area contributed by atoms with Crippen molar-refractivity contribution < 1.29 is 9.59 Å². The number of ketones is 2. The predicted molar refractivity (Wildman–Crippen MR) is 44.6 cm³/mol. The quantitative estimate of drug-likeness (QED) is 0.512. The highest BCUT2D eigenvalue weighted by Gasteiger charge is 2.63. The predicted octanol–water partition coefficient (Wildman–Crippen LogP) is 1.58. The lowest BCUT2D eigenvalue weighted by Gasteiger charge is -2.30. The molecule has 0 aliphatic heterocycles. The van der Waals surface area contributed by atoms with Crippen LogP contribution in [0.15, 0.2) is 0 Å². The highest BCUT2D eigenvalue weighted by molar-refractivity contribution is 6.41. The summed E-state index contributed by atoms with van der Waals surface area (Å²) in [4.78, 5) is 22.9. The second-order valence-electron chi connectivity index (χ2n) is 5.16. The molecule has 2 heteroatoms. The van der Waals surface area contributed by atoms with Crippen molar-refractivity contribution in [1.29, 1.82) is 0 Å². The van der Waals surface area contributed by atoms with Crippen molar-refractivity contribution >= 4 is 11.6 Å².